The summed E-state index contributed by atoms with van der Waals surface area (Å²) in [7, 11) is -2.15. The highest BCUT2D eigenvalue weighted by Gasteiger charge is 2.07. The van der Waals surface area contributed by atoms with Gasteiger partial charge in [0.2, 0.25) is 0 Å². The molecular formula is C22H30O4. The molecule has 0 radical (unpaired) electrons. The molecule has 0 saturated carbocycles. The molecule has 0 saturated heterocycles. The predicted molar refractivity (Wildman–Crippen MR) is 105 cm³/mol. The number of benzene rings is 2. The number of rotatable bonds is 10. The molecule has 0 aliphatic rings. The zero-order chi connectivity index (χ0) is 32.0. The average Bonchev–Trinajstić information content (AvgIpc) is 2.85. The van der Waals surface area contributed by atoms with Gasteiger partial charge in [-0.15, -0.1) is 0 Å². The van der Waals surface area contributed by atoms with Crippen LogP contribution in [0, 0.1) is 13.8 Å². The Morgan fingerprint density at radius 1 is 1.12 bits per heavy atom. The van der Waals surface area contributed by atoms with Crippen LogP contribution in [0.5, 0.6) is 17.2 Å². The Hall–Kier alpha value is -2.20. The summed E-state index contributed by atoms with van der Waals surface area (Å²) in [6.07, 6.45) is -10.1. The second-order valence-electron chi connectivity index (χ2n) is 5.24. The van der Waals surface area contributed by atoms with Crippen LogP contribution in [-0.2, 0) is 6.37 Å². The van der Waals surface area contributed by atoms with Crippen molar-refractivity contribution in [2.24, 2.45) is 0 Å². The molecule has 4 nitrogen and oxygen atoms in total. The Balaban J connectivity index is 2.44. The lowest BCUT2D eigenvalue weighted by atomic mass is 10.0. The van der Waals surface area contributed by atoms with E-state index in [9.17, 15) is 5.11 Å². The standard InChI is InChI=1S/C22H30O4/c1-16-9-11-20(13-17(16)2)26-15-19(23)8-6-5-7-18-10-12-21(24-3)22(14-18)25-4/h9-14,19,23H,5-8,15H2,1-4H3/i4D3,5D2,7D2,9D,10D,11D,12D,13D,14D,15D2. The number of methoxy groups -OCH3 is 2. The minimum absolute atomic E-state index is 0.253. The van der Waals surface area contributed by atoms with Gasteiger partial charge in [0.15, 0.2) is 11.5 Å². The molecule has 0 fully saturated rings. The molecule has 0 aromatic heterocycles. The smallest absolute Gasteiger partial charge is 0.160 e. The van der Waals surface area contributed by atoms with Crippen molar-refractivity contribution in [3.8, 4) is 17.2 Å². The van der Waals surface area contributed by atoms with E-state index < -0.39 is 92.3 Å². The van der Waals surface area contributed by atoms with Gasteiger partial charge in [0.1, 0.15) is 12.3 Å². The fraction of sp³-hybridized carbons (Fsp3) is 0.455. The van der Waals surface area contributed by atoms with E-state index in [1.807, 2.05) is 0 Å². The van der Waals surface area contributed by atoms with Gasteiger partial charge in [-0.2, -0.15) is 0 Å². The van der Waals surface area contributed by atoms with Crippen LogP contribution in [0.4, 0.5) is 0 Å². The van der Waals surface area contributed by atoms with Crippen molar-refractivity contribution in [3.05, 3.63) is 52.9 Å². The minimum atomic E-state index is -3.26. The summed E-state index contributed by atoms with van der Waals surface area (Å²) in [6.45, 7) is -0.0348. The number of aliphatic hydroxyl groups is 1. The van der Waals surface area contributed by atoms with Gasteiger partial charge in [0.25, 0.3) is 0 Å². The van der Waals surface area contributed by atoms with E-state index in [0.29, 0.717) is 5.56 Å². The summed E-state index contributed by atoms with van der Waals surface area (Å²) in [5.41, 5.74) is -0.450. The van der Waals surface area contributed by atoms with E-state index in [-0.39, 0.29) is 17.6 Å². The molecule has 2 aromatic rings. The third kappa shape index (κ3) is 5.95. The van der Waals surface area contributed by atoms with Crippen LogP contribution < -0.4 is 14.2 Å². The summed E-state index contributed by atoms with van der Waals surface area (Å²) >= 11 is 0. The zero-order valence-electron chi connectivity index (χ0n) is 29.7. The number of hydrogen-bond acceptors (Lipinski definition) is 4. The molecule has 0 bridgehead atoms. The molecule has 0 aliphatic carbocycles. The topological polar surface area (TPSA) is 47.9 Å². The van der Waals surface area contributed by atoms with E-state index in [1.54, 1.807) is 0 Å². The highest BCUT2D eigenvalue weighted by atomic mass is 16.5. The van der Waals surface area contributed by atoms with Crippen LogP contribution in [0.3, 0.4) is 0 Å². The molecule has 0 aliphatic heterocycles. The monoisotopic (exact) mass is 373 g/mol. The first kappa shape index (κ1) is 7.81. The molecule has 1 atom stereocenters. The van der Waals surface area contributed by atoms with Crippen LogP contribution in [-0.4, -0.2) is 31.9 Å². The molecule has 2 rings (SSSR count). The van der Waals surface area contributed by atoms with Crippen LogP contribution in [0.25, 0.3) is 0 Å². The minimum Gasteiger partial charge on any atom is -0.493 e. The molecule has 0 amide bonds. The average molecular weight is 374 g/mol. The van der Waals surface area contributed by atoms with E-state index in [1.165, 1.54) is 13.8 Å². The van der Waals surface area contributed by atoms with E-state index >= 15 is 0 Å². The number of aliphatic hydroxyl groups excluding tert-OH is 1. The lowest BCUT2D eigenvalue weighted by Crippen LogP contribution is -2.17. The number of ether oxygens (including phenoxy) is 3. The first-order chi connectivity index (χ1) is 18.4. The van der Waals surface area contributed by atoms with Crippen LogP contribution in [0.1, 0.15) is 56.5 Å². The van der Waals surface area contributed by atoms with Crippen LogP contribution in [0.2, 0.25) is 0 Å². The van der Waals surface area contributed by atoms with Crippen molar-refractivity contribution in [1.82, 2.24) is 0 Å². The van der Waals surface area contributed by atoms with E-state index in [0.717, 1.165) is 7.11 Å². The molecule has 2 aromatic carbocycles. The van der Waals surface area contributed by atoms with Gasteiger partial charge in [-0.25, -0.2) is 0 Å². The lowest BCUT2D eigenvalue weighted by molar-refractivity contribution is 0.0976. The molecule has 142 valence electrons. The molecule has 1 N–H and O–H groups in total. The van der Waals surface area contributed by atoms with Crippen molar-refractivity contribution in [3.63, 3.8) is 0 Å². The largest absolute Gasteiger partial charge is 0.493 e. The normalized spacial score (nSPS) is 22.4. The Morgan fingerprint density at radius 3 is 2.73 bits per heavy atom. The van der Waals surface area contributed by atoms with Crippen LogP contribution >= 0.6 is 0 Å². The third-order valence-electron chi connectivity index (χ3n) is 3.33. The van der Waals surface area contributed by atoms with Gasteiger partial charge < -0.3 is 19.3 Å². The third-order valence-corrected chi connectivity index (χ3v) is 3.33. The highest BCUT2D eigenvalue weighted by Crippen LogP contribution is 2.28. The van der Waals surface area contributed by atoms with E-state index in [2.05, 4.69) is 0 Å². The Kier molecular flexibility index (Phi) is 3.03. The van der Waals surface area contributed by atoms with Gasteiger partial charge >= 0.3 is 0 Å². The Labute approximate surface area is 177 Å². The maximum absolute atomic E-state index is 10.5. The molecule has 1 unspecified atom stereocenters. The second-order valence-corrected chi connectivity index (χ2v) is 5.24. The molecule has 26 heavy (non-hydrogen) atoms. The van der Waals surface area contributed by atoms with Crippen molar-refractivity contribution in [1.29, 1.82) is 0 Å². The molecular weight excluding hydrogens is 328 g/mol. The maximum atomic E-state index is 10.5. The second kappa shape index (κ2) is 10.1. The lowest BCUT2D eigenvalue weighted by Gasteiger charge is -2.13. The van der Waals surface area contributed by atoms with Gasteiger partial charge in [-0.3, -0.25) is 0 Å². The van der Waals surface area contributed by atoms with Crippen molar-refractivity contribution < 1.29 is 39.9 Å². The highest BCUT2D eigenvalue weighted by molar-refractivity contribution is 5.42. The summed E-state index contributed by atoms with van der Waals surface area (Å²) in [5, 5.41) is 10.5. The SMILES string of the molecule is [2H]c1c([2H])c(OC([2H])([2H])C(O)CCC([2H])([2H])C([2H])([2H])c2c([2H])c([2H])c(OC)c(OC([2H])([2H])[2H])c2[2H])c([2H])c(C)c1C. The summed E-state index contributed by atoms with van der Waals surface area (Å²) < 4.78 is 135. The van der Waals surface area contributed by atoms with Crippen molar-refractivity contribution in [2.75, 3.05) is 20.7 Å². The van der Waals surface area contributed by atoms with Crippen molar-refractivity contribution >= 4 is 0 Å². The first-order valence-electron chi connectivity index (χ1n) is 15.2. The maximum Gasteiger partial charge on any atom is 0.160 e. The van der Waals surface area contributed by atoms with Gasteiger partial charge in [-0.1, -0.05) is 18.5 Å². The van der Waals surface area contributed by atoms with Gasteiger partial charge in [0, 0.05) is 5.48 Å². The fourth-order valence-corrected chi connectivity index (χ4v) is 1.79. The summed E-state index contributed by atoms with van der Waals surface area (Å²) in [6, 6.07) is -4.15. The van der Waals surface area contributed by atoms with Gasteiger partial charge in [0.05, 0.1) is 35.3 Å². The van der Waals surface area contributed by atoms with Crippen LogP contribution in [0.15, 0.2) is 36.3 Å². The molecule has 4 heteroatoms. The quantitative estimate of drug-likeness (QED) is 0.667. The number of hydrogen-bond donors (Lipinski definition) is 1. The Morgan fingerprint density at radius 2 is 1.96 bits per heavy atom. The zero-order valence-corrected chi connectivity index (χ0v) is 14.7. The Bertz CT molecular complexity index is 1280. The van der Waals surface area contributed by atoms with Crippen molar-refractivity contribution in [2.45, 2.75) is 45.5 Å². The fourth-order valence-electron chi connectivity index (χ4n) is 1.79. The summed E-state index contributed by atoms with van der Waals surface area (Å²) in [5.74, 6) is -2.14. The van der Waals surface area contributed by atoms with E-state index in [4.69, 9.17) is 34.8 Å². The first-order valence-corrected chi connectivity index (χ1v) is 7.74. The molecule has 0 spiro atoms. The predicted octanol–water partition coefficient (Wildman–Crippen LogP) is 4.47. The van der Waals surface area contributed by atoms with Gasteiger partial charge in [-0.05, 0) is 73.9 Å². The molecule has 0 heterocycles. The summed E-state index contributed by atoms with van der Waals surface area (Å²) in [4.78, 5) is 0.